The Balaban J connectivity index is 1.82. The van der Waals surface area contributed by atoms with Crippen LogP contribution in [0.1, 0.15) is 23.0 Å². The number of urea groups is 1. The number of halogens is 3. The lowest BCUT2D eigenvalue weighted by Crippen LogP contribution is -2.47. The molecule has 2 aromatic rings. The monoisotopic (exact) mass is 368 g/mol. The summed E-state index contributed by atoms with van der Waals surface area (Å²) in [6, 6.07) is 0.429. The number of hydrogen-bond acceptors (Lipinski definition) is 4. The zero-order valence-corrected chi connectivity index (χ0v) is 13.9. The Bertz CT molecular complexity index is 861. The summed E-state index contributed by atoms with van der Waals surface area (Å²) in [5.41, 5.74) is 0.503. The van der Waals surface area contributed by atoms with Crippen LogP contribution in [0.4, 0.5) is 23.7 Å². The highest BCUT2D eigenvalue weighted by Crippen LogP contribution is 2.23. The molecule has 10 heteroatoms. The number of fused-ring (bicyclic) bond motifs is 1. The number of carbonyl (C=O) groups excluding carboxylic acids is 2. The first kappa shape index (κ1) is 17.8. The normalized spacial score (nSPS) is 16.2. The van der Waals surface area contributed by atoms with E-state index in [1.807, 2.05) is 0 Å². The van der Waals surface area contributed by atoms with Crippen molar-refractivity contribution < 1.29 is 27.5 Å². The Kier molecular flexibility index (Phi) is 4.58. The molecule has 1 aliphatic heterocycles. The van der Waals surface area contributed by atoms with E-state index in [9.17, 15) is 22.8 Å². The highest BCUT2D eigenvalue weighted by atomic mass is 19.2. The van der Waals surface area contributed by atoms with Gasteiger partial charge in [-0.1, -0.05) is 0 Å². The molecule has 1 aliphatic rings. The second-order valence-electron chi connectivity index (χ2n) is 5.84. The summed E-state index contributed by atoms with van der Waals surface area (Å²) in [6.45, 7) is 2.13. The molecule has 0 fully saturated rings. The van der Waals surface area contributed by atoms with Gasteiger partial charge >= 0.3 is 12.0 Å². The number of nitrogens with zero attached hydrogens (tertiary/aromatic N) is 3. The number of esters is 1. The summed E-state index contributed by atoms with van der Waals surface area (Å²) >= 11 is 0. The number of nitrogens with one attached hydrogen (secondary N) is 1. The minimum atomic E-state index is -1.61. The lowest BCUT2D eigenvalue weighted by Gasteiger charge is -2.34. The summed E-state index contributed by atoms with van der Waals surface area (Å²) in [7, 11) is 1.24. The van der Waals surface area contributed by atoms with Crippen LogP contribution in [-0.2, 0) is 17.8 Å². The van der Waals surface area contributed by atoms with Crippen molar-refractivity contribution in [2.24, 2.45) is 0 Å². The second kappa shape index (κ2) is 6.70. The summed E-state index contributed by atoms with van der Waals surface area (Å²) in [5, 5.41) is 6.43. The van der Waals surface area contributed by atoms with Gasteiger partial charge in [0.2, 0.25) is 0 Å². The Labute approximate surface area is 146 Å². The maximum absolute atomic E-state index is 13.3. The van der Waals surface area contributed by atoms with Crippen molar-refractivity contribution in [2.75, 3.05) is 12.4 Å². The number of amides is 2. The van der Waals surface area contributed by atoms with E-state index in [1.165, 1.54) is 18.2 Å². The molecular weight excluding hydrogens is 353 g/mol. The van der Waals surface area contributed by atoms with Gasteiger partial charge in [0.05, 0.1) is 38.1 Å². The second-order valence-corrected chi connectivity index (χ2v) is 5.84. The molecule has 0 radical (unpaired) electrons. The summed E-state index contributed by atoms with van der Waals surface area (Å²) in [5.74, 6) is -5.00. The van der Waals surface area contributed by atoms with Crippen molar-refractivity contribution in [1.29, 1.82) is 0 Å². The third kappa shape index (κ3) is 3.09. The molecule has 1 atom stereocenters. The molecule has 1 aromatic heterocycles. The van der Waals surface area contributed by atoms with E-state index < -0.39 is 29.5 Å². The smallest absolute Gasteiger partial charge is 0.341 e. The zero-order chi connectivity index (χ0) is 19.0. The summed E-state index contributed by atoms with van der Waals surface area (Å²) < 4.78 is 45.9. The van der Waals surface area contributed by atoms with Gasteiger partial charge in [0.15, 0.2) is 17.5 Å². The van der Waals surface area contributed by atoms with E-state index in [1.54, 1.807) is 11.6 Å². The number of anilines is 1. The molecule has 1 N–H and O–H groups in total. The number of benzene rings is 1. The fraction of sp³-hybridized carbons (Fsp3) is 0.312. The van der Waals surface area contributed by atoms with Crippen molar-refractivity contribution in [3.63, 3.8) is 0 Å². The van der Waals surface area contributed by atoms with Gasteiger partial charge in [-0.2, -0.15) is 5.10 Å². The predicted molar refractivity (Wildman–Crippen MR) is 83.9 cm³/mol. The number of hydrogen-bond donors (Lipinski definition) is 1. The summed E-state index contributed by atoms with van der Waals surface area (Å²) in [4.78, 5) is 25.7. The van der Waals surface area contributed by atoms with E-state index in [0.717, 1.165) is 0 Å². The molecule has 0 bridgehead atoms. The lowest BCUT2D eigenvalue weighted by molar-refractivity contribution is 0.0595. The fourth-order valence-electron chi connectivity index (χ4n) is 2.78. The molecule has 3 rings (SSSR count). The third-order valence-corrected chi connectivity index (χ3v) is 4.14. The van der Waals surface area contributed by atoms with Crippen molar-refractivity contribution in [3.8, 4) is 0 Å². The molecule has 138 valence electrons. The van der Waals surface area contributed by atoms with E-state index in [-0.39, 0.29) is 23.8 Å². The fourth-order valence-corrected chi connectivity index (χ4v) is 2.78. The van der Waals surface area contributed by atoms with Gasteiger partial charge in [-0.25, -0.2) is 22.8 Å². The molecule has 1 aromatic carbocycles. The van der Waals surface area contributed by atoms with Gasteiger partial charge in [0.25, 0.3) is 0 Å². The lowest BCUT2D eigenvalue weighted by atomic mass is 10.1. The number of rotatable bonds is 2. The van der Waals surface area contributed by atoms with Crippen LogP contribution in [0, 0.1) is 17.5 Å². The maximum atomic E-state index is 13.3. The standard InChI is InChI=1S/C16H15F3N4O3/c1-8-6-23-13(10(5-20-23)15(24)26-2)7-22(8)16(25)21-9-3-11(17)14(19)12(18)4-9/h3-5,8H,6-7H2,1-2H3,(H,21,25)/t8-/m0/s1. The van der Waals surface area contributed by atoms with Gasteiger partial charge in [-0.3, -0.25) is 4.68 Å². The Hall–Kier alpha value is -3.04. The molecule has 0 unspecified atom stereocenters. The molecule has 7 nitrogen and oxygen atoms in total. The van der Waals surface area contributed by atoms with Gasteiger partial charge in [-0.05, 0) is 6.92 Å². The molecule has 0 spiro atoms. The molecule has 26 heavy (non-hydrogen) atoms. The van der Waals surface area contributed by atoms with Crippen LogP contribution in [0.3, 0.4) is 0 Å². The van der Waals surface area contributed by atoms with E-state index >= 15 is 0 Å². The van der Waals surface area contributed by atoms with E-state index in [4.69, 9.17) is 0 Å². The van der Waals surface area contributed by atoms with Crippen LogP contribution in [0.15, 0.2) is 18.3 Å². The maximum Gasteiger partial charge on any atom is 0.341 e. The van der Waals surface area contributed by atoms with Crippen LogP contribution in [0.5, 0.6) is 0 Å². The van der Waals surface area contributed by atoms with Crippen LogP contribution >= 0.6 is 0 Å². The molecular formula is C16H15F3N4O3. The Morgan fingerprint density at radius 1 is 1.27 bits per heavy atom. The van der Waals surface area contributed by atoms with Gasteiger partial charge in [0.1, 0.15) is 5.56 Å². The van der Waals surface area contributed by atoms with Crippen molar-refractivity contribution in [2.45, 2.75) is 26.1 Å². The first-order valence-corrected chi connectivity index (χ1v) is 7.67. The Morgan fingerprint density at radius 2 is 1.92 bits per heavy atom. The topological polar surface area (TPSA) is 76.5 Å². The van der Waals surface area contributed by atoms with Crippen molar-refractivity contribution >= 4 is 17.7 Å². The predicted octanol–water partition coefficient (Wildman–Crippen LogP) is 2.52. The highest BCUT2D eigenvalue weighted by Gasteiger charge is 2.31. The van der Waals surface area contributed by atoms with Crippen LogP contribution in [0.2, 0.25) is 0 Å². The average Bonchev–Trinajstić information content (AvgIpc) is 3.00. The number of aromatic nitrogens is 2. The number of carbonyl (C=O) groups is 2. The SMILES string of the molecule is COC(=O)c1cnn2c1CN(C(=O)Nc1cc(F)c(F)c(F)c1)[C@@H](C)C2. The number of methoxy groups -OCH3 is 1. The first-order chi connectivity index (χ1) is 12.3. The van der Waals surface area contributed by atoms with Gasteiger partial charge in [0, 0.05) is 17.8 Å². The van der Waals surface area contributed by atoms with Gasteiger partial charge in [-0.15, -0.1) is 0 Å². The first-order valence-electron chi connectivity index (χ1n) is 7.67. The van der Waals surface area contributed by atoms with Crippen LogP contribution in [0.25, 0.3) is 0 Å². The van der Waals surface area contributed by atoms with Gasteiger partial charge < -0.3 is 15.0 Å². The molecule has 0 saturated heterocycles. The quantitative estimate of drug-likeness (QED) is 0.653. The van der Waals surface area contributed by atoms with Crippen molar-refractivity contribution in [3.05, 3.63) is 47.0 Å². The average molecular weight is 368 g/mol. The van der Waals surface area contributed by atoms with E-state index in [2.05, 4.69) is 15.2 Å². The van der Waals surface area contributed by atoms with Crippen molar-refractivity contribution in [1.82, 2.24) is 14.7 Å². The molecule has 0 saturated carbocycles. The van der Waals surface area contributed by atoms with Crippen LogP contribution in [-0.4, -0.2) is 39.8 Å². The minimum Gasteiger partial charge on any atom is -0.465 e. The number of ether oxygens (including phenoxy) is 1. The largest absolute Gasteiger partial charge is 0.465 e. The molecule has 2 heterocycles. The summed E-state index contributed by atoms with van der Waals surface area (Å²) in [6.07, 6.45) is 1.36. The Morgan fingerprint density at radius 3 is 2.54 bits per heavy atom. The molecule has 0 aliphatic carbocycles. The zero-order valence-electron chi connectivity index (χ0n) is 13.9. The third-order valence-electron chi connectivity index (χ3n) is 4.14. The molecule has 2 amide bonds. The highest BCUT2D eigenvalue weighted by molar-refractivity contribution is 5.92. The van der Waals surface area contributed by atoms with E-state index in [0.29, 0.717) is 24.4 Å². The van der Waals surface area contributed by atoms with Crippen LogP contribution < -0.4 is 5.32 Å². The minimum absolute atomic E-state index is 0.0452.